The van der Waals surface area contributed by atoms with Crippen LogP contribution in [0.5, 0.6) is 0 Å². The Kier molecular flexibility index (Phi) is 2.61. The summed E-state index contributed by atoms with van der Waals surface area (Å²) in [5.74, 6) is 1.89. The third kappa shape index (κ3) is 1.94. The molecule has 1 unspecified atom stereocenters. The van der Waals surface area contributed by atoms with Gasteiger partial charge in [0.1, 0.15) is 5.82 Å². The lowest BCUT2D eigenvalue weighted by Crippen LogP contribution is -2.31. The van der Waals surface area contributed by atoms with E-state index in [0.717, 1.165) is 41.6 Å². The highest BCUT2D eigenvalue weighted by atomic mass is 35.5. The maximum atomic E-state index is 5.92. The minimum Gasteiger partial charge on any atom is -0.327 e. The second kappa shape index (κ2) is 4.13. The first-order valence-electron chi connectivity index (χ1n) is 5.67. The maximum absolute atomic E-state index is 5.92. The molecule has 0 amide bonds. The molecule has 5 heteroatoms. The van der Waals surface area contributed by atoms with Crippen molar-refractivity contribution in [1.82, 2.24) is 14.8 Å². The standard InChI is InChI=1S/C12H13ClN4/c13-9-3-1-8(2-4-9)12-16-15-11-7-10(14)5-6-17(11)12/h1-4,10H,5-7,14H2. The molecule has 0 bridgehead atoms. The van der Waals surface area contributed by atoms with E-state index in [1.807, 2.05) is 24.3 Å². The van der Waals surface area contributed by atoms with E-state index in [0.29, 0.717) is 0 Å². The normalized spacial score (nSPS) is 19.1. The van der Waals surface area contributed by atoms with Crippen LogP contribution < -0.4 is 5.73 Å². The highest BCUT2D eigenvalue weighted by Gasteiger charge is 2.20. The van der Waals surface area contributed by atoms with E-state index in [2.05, 4.69) is 14.8 Å². The lowest BCUT2D eigenvalue weighted by Gasteiger charge is -2.20. The Balaban J connectivity index is 2.02. The summed E-state index contributed by atoms with van der Waals surface area (Å²) in [6.07, 6.45) is 1.78. The number of hydrogen-bond donors (Lipinski definition) is 1. The van der Waals surface area contributed by atoms with E-state index in [-0.39, 0.29) is 6.04 Å². The third-order valence-electron chi connectivity index (χ3n) is 3.10. The van der Waals surface area contributed by atoms with E-state index >= 15 is 0 Å². The first kappa shape index (κ1) is 10.7. The largest absolute Gasteiger partial charge is 0.327 e. The third-order valence-corrected chi connectivity index (χ3v) is 3.35. The molecule has 1 aliphatic heterocycles. The Morgan fingerprint density at radius 2 is 2.00 bits per heavy atom. The summed E-state index contributed by atoms with van der Waals surface area (Å²) in [6, 6.07) is 7.88. The van der Waals surface area contributed by atoms with E-state index in [1.165, 1.54) is 0 Å². The lowest BCUT2D eigenvalue weighted by molar-refractivity contribution is 0.466. The lowest BCUT2D eigenvalue weighted by atomic mass is 10.1. The van der Waals surface area contributed by atoms with Crippen LogP contribution in [0.15, 0.2) is 24.3 Å². The van der Waals surface area contributed by atoms with E-state index < -0.39 is 0 Å². The Hall–Kier alpha value is -1.39. The van der Waals surface area contributed by atoms with Crippen molar-refractivity contribution < 1.29 is 0 Å². The van der Waals surface area contributed by atoms with Gasteiger partial charge in [0.25, 0.3) is 0 Å². The molecule has 2 heterocycles. The molecule has 0 fully saturated rings. The van der Waals surface area contributed by atoms with Gasteiger partial charge in [-0.15, -0.1) is 10.2 Å². The minimum absolute atomic E-state index is 0.213. The van der Waals surface area contributed by atoms with Gasteiger partial charge in [-0.25, -0.2) is 0 Å². The predicted molar refractivity (Wildman–Crippen MR) is 66.8 cm³/mol. The fraction of sp³-hybridized carbons (Fsp3) is 0.333. The van der Waals surface area contributed by atoms with Gasteiger partial charge in [0.05, 0.1) is 0 Å². The zero-order chi connectivity index (χ0) is 11.8. The molecule has 0 saturated heterocycles. The van der Waals surface area contributed by atoms with Gasteiger partial charge in [0, 0.05) is 29.6 Å². The van der Waals surface area contributed by atoms with Crippen LogP contribution in [0, 0.1) is 0 Å². The number of nitrogens with zero attached hydrogens (tertiary/aromatic N) is 3. The Labute approximate surface area is 104 Å². The number of aromatic nitrogens is 3. The number of halogens is 1. The van der Waals surface area contributed by atoms with E-state index in [4.69, 9.17) is 17.3 Å². The molecular formula is C12H13ClN4. The van der Waals surface area contributed by atoms with Gasteiger partial charge in [0.15, 0.2) is 5.82 Å². The van der Waals surface area contributed by atoms with E-state index in [9.17, 15) is 0 Å². The fourth-order valence-corrected chi connectivity index (χ4v) is 2.29. The van der Waals surface area contributed by atoms with Gasteiger partial charge in [-0.05, 0) is 30.7 Å². The summed E-state index contributed by atoms with van der Waals surface area (Å²) in [5.41, 5.74) is 6.96. The van der Waals surface area contributed by atoms with Crippen molar-refractivity contribution in [3.05, 3.63) is 35.1 Å². The highest BCUT2D eigenvalue weighted by molar-refractivity contribution is 6.30. The van der Waals surface area contributed by atoms with Crippen LogP contribution in [-0.2, 0) is 13.0 Å². The van der Waals surface area contributed by atoms with Gasteiger partial charge in [-0.1, -0.05) is 11.6 Å². The summed E-state index contributed by atoms with van der Waals surface area (Å²) >= 11 is 5.88. The van der Waals surface area contributed by atoms with Crippen molar-refractivity contribution in [2.75, 3.05) is 0 Å². The first-order chi connectivity index (χ1) is 8.24. The van der Waals surface area contributed by atoms with Crippen molar-refractivity contribution in [1.29, 1.82) is 0 Å². The number of rotatable bonds is 1. The van der Waals surface area contributed by atoms with Crippen LogP contribution in [0.25, 0.3) is 11.4 Å². The summed E-state index contributed by atoms with van der Waals surface area (Å²) in [4.78, 5) is 0. The molecule has 4 nitrogen and oxygen atoms in total. The molecule has 2 N–H and O–H groups in total. The number of hydrogen-bond acceptors (Lipinski definition) is 3. The monoisotopic (exact) mass is 248 g/mol. The predicted octanol–water partition coefficient (Wildman–Crippen LogP) is 1.87. The van der Waals surface area contributed by atoms with Crippen molar-refractivity contribution in [2.45, 2.75) is 25.4 Å². The van der Waals surface area contributed by atoms with Crippen LogP contribution in [-0.4, -0.2) is 20.8 Å². The van der Waals surface area contributed by atoms with E-state index in [1.54, 1.807) is 0 Å². The summed E-state index contributed by atoms with van der Waals surface area (Å²) in [7, 11) is 0. The Morgan fingerprint density at radius 1 is 1.24 bits per heavy atom. The molecule has 1 aromatic carbocycles. The molecule has 3 rings (SSSR count). The smallest absolute Gasteiger partial charge is 0.163 e. The second-order valence-corrected chi connectivity index (χ2v) is 4.79. The molecule has 1 atom stereocenters. The van der Waals surface area contributed by atoms with Crippen LogP contribution in [0.4, 0.5) is 0 Å². The zero-order valence-electron chi connectivity index (χ0n) is 9.31. The van der Waals surface area contributed by atoms with Crippen LogP contribution in [0.2, 0.25) is 5.02 Å². The molecule has 88 valence electrons. The van der Waals surface area contributed by atoms with Gasteiger partial charge < -0.3 is 10.3 Å². The molecule has 0 aliphatic carbocycles. The summed E-state index contributed by atoms with van der Waals surface area (Å²) in [5, 5.41) is 9.18. The quantitative estimate of drug-likeness (QED) is 0.838. The van der Waals surface area contributed by atoms with Crippen LogP contribution in [0.1, 0.15) is 12.2 Å². The van der Waals surface area contributed by atoms with Gasteiger partial charge in [0.2, 0.25) is 0 Å². The molecule has 0 radical (unpaired) electrons. The van der Waals surface area contributed by atoms with Crippen molar-refractivity contribution in [3.8, 4) is 11.4 Å². The van der Waals surface area contributed by atoms with Gasteiger partial charge in [-0.3, -0.25) is 0 Å². The Bertz CT molecular complexity index is 532. The molecule has 0 spiro atoms. The van der Waals surface area contributed by atoms with Crippen LogP contribution in [0.3, 0.4) is 0 Å². The van der Waals surface area contributed by atoms with Crippen molar-refractivity contribution >= 4 is 11.6 Å². The summed E-state index contributed by atoms with van der Waals surface area (Å²) in [6.45, 7) is 0.890. The molecule has 1 aliphatic rings. The number of fused-ring (bicyclic) bond motifs is 1. The number of nitrogens with two attached hydrogens (primary N) is 1. The maximum Gasteiger partial charge on any atom is 0.163 e. The van der Waals surface area contributed by atoms with Gasteiger partial charge in [-0.2, -0.15) is 0 Å². The molecule has 17 heavy (non-hydrogen) atoms. The summed E-state index contributed by atoms with van der Waals surface area (Å²) < 4.78 is 2.15. The fourth-order valence-electron chi connectivity index (χ4n) is 2.17. The van der Waals surface area contributed by atoms with Crippen LogP contribution >= 0.6 is 11.6 Å². The zero-order valence-corrected chi connectivity index (χ0v) is 10.1. The molecule has 1 aromatic heterocycles. The second-order valence-electron chi connectivity index (χ2n) is 4.35. The molecular weight excluding hydrogens is 236 g/mol. The Morgan fingerprint density at radius 3 is 2.76 bits per heavy atom. The molecule has 0 saturated carbocycles. The molecule has 2 aromatic rings. The topological polar surface area (TPSA) is 56.7 Å². The minimum atomic E-state index is 0.213. The highest BCUT2D eigenvalue weighted by Crippen LogP contribution is 2.23. The van der Waals surface area contributed by atoms with Gasteiger partial charge >= 0.3 is 0 Å². The van der Waals surface area contributed by atoms with Crippen molar-refractivity contribution in [2.24, 2.45) is 5.73 Å². The average Bonchev–Trinajstić information content (AvgIpc) is 2.73. The SMILES string of the molecule is NC1CCn2c(nnc2-c2ccc(Cl)cc2)C1. The number of benzene rings is 1. The van der Waals surface area contributed by atoms with Crippen molar-refractivity contribution in [3.63, 3.8) is 0 Å². The first-order valence-corrected chi connectivity index (χ1v) is 6.05. The average molecular weight is 249 g/mol.